The van der Waals surface area contributed by atoms with Crippen molar-refractivity contribution < 1.29 is 19.4 Å². The van der Waals surface area contributed by atoms with Crippen molar-refractivity contribution in [2.24, 2.45) is 5.92 Å². The number of aliphatic carboxylic acids is 1. The highest BCUT2D eigenvalue weighted by atomic mass is 16.5. The zero-order valence-corrected chi connectivity index (χ0v) is 21.2. The van der Waals surface area contributed by atoms with Gasteiger partial charge < -0.3 is 25.8 Å². The number of rotatable bonds is 8. The number of anilines is 3. The van der Waals surface area contributed by atoms with Crippen molar-refractivity contribution in [3.8, 4) is 5.88 Å². The number of aromatic nitrogens is 3. The predicted molar refractivity (Wildman–Crippen MR) is 143 cm³/mol. The molecule has 4 N–H and O–H groups in total. The number of pyridine rings is 1. The second-order valence-electron chi connectivity index (χ2n) is 9.82. The van der Waals surface area contributed by atoms with Crippen LogP contribution in [0.4, 0.5) is 17.5 Å². The van der Waals surface area contributed by atoms with Gasteiger partial charge in [-0.05, 0) is 67.3 Å². The van der Waals surface area contributed by atoms with Crippen molar-refractivity contribution in [1.29, 1.82) is 0 Å². The highest BCUT2D eigenvalue weighted by Gasteiger charge is 2.30. The lowest BCUT2D eigenvalue weighted by Gasteiger charge is -2.28. The molecule has 2 aromatic heterocycles. The van der Waals surface area contributed by atoms with Crippen LogP contribution in [0.3, 0.4) is 0 Å². The minimum Gasteiger partial charge on any atom is -0.481 e. The summed E-state index contributed by atoms with van der Waals surface area (Å²) >= 11 is 0. The maximum Gasteiger partial charge on any atom is 0.303 e. The van der Waals surface area contributed by atoms with Gasteiger partial charge in [0.05, 0.1) is 6.54 Å². The molecule has 1 aliphatic carbocycles. The zero-order valence-electron chi connectivity index (χ0n) is 21.2. The van der Waals surface area contributed by atoms with Gasteiger partial charge in [0.15, 0.2) is 0 Å². The van der Waals surface area contributed by atoms with Gasteiger partial charge in [-0.25, -0.2) is 0 Å². The van der Waals surface area contributed by atoms with E-state index >= 15 is 0 Å². The van der Waals surface area contributed by atoms with Gasteiger partial charge in [-0.1, -0.05) is 18.2 Å². The normalized spacial score (nSPS) is 19.3. The molecular formula is C28H32N6O4. The first kappa shape index (κ1) is 25.4. The predicted octanol–water partition coefficient (Wildman–Crippen LogP) is 3.90. The van der Waals surface area contributed by atoms with E-state index in [2.05, 4.69) is 32.4 Å². The summed E-state index contributed by atoms with van der Waals surface area (Å²) in [7, 11) is 0. The summed E-state index contributed by atoms with van der Waals surface area (Å²) in [6, 6.07) is 13.8. The average Bonchev–Trinajstić information content (AvgIpc) is 3.08. The lowest BCUT2D eigenvalue weighted by atomic mass is 9.77. The van der Waals surface area contributed by atoms with Crippen LogP contribution in [0.15, 0.2) is 48.7 Å². The van der Waals surface area contributed by atoms with Crippen LogP contribution in [0.5, 0.6) is 5.88 Å². The number of fused-ring (bicyclic) bond motifs is 1. The van der Waals surface area contributed by atoms with Crippen LogP contribution in [0.25, 0.3) is 0 Å². The molecule has 1 aromatic carbocycles. The number of carboxylic acid groups (broad SMARTS) is 1. The fraction of sp³-hybridized carbons (Fsp3) is 0.393. The van der Waals surface area contributed by atoms with E-state index in [0.29, 0.717) is 31.4 Å². The summed E-state index contributed by atoms with van der Waals surface area (Å²) < 4.78 is 5.83. The smallest absolute Gasteiger partial charge is 0.303 e. The second kappa shape index (κ2) is 11.5. The third-order valence-electron chi connectivity index (χ3n) is 7.29. The molecule has 1 aliphatic heterocycles. The van der Waals surface area contributed by atoms with Crippen molar-refractivity contribution >= 4 is 29.3 Å². The van der Waals surface area contributed by atoms with Crippen LogP contribution in [0.1, 0.15) is 59.6 Å². The van der Waals surface area contributed by atoms with E-state index in [1.54, 1.807) is 11.1 Å². The molecule has 10 nitrogen and oxygen atoms in total. The van der Waals surface area contributed by atoms with Gasteiger partial charge in [0.1, 0.15) is 18.0 Å². The van der Waals surface area contributed by atoms with Gasteiger partial charge in [-0.15, -0.1) is 0 Å². The van der Waals surface area contributed by atoms with E-state index in [9.17, 15) is 9.59 Å². The Bertz CT molecular complexity index is 1280. The van der Waals surface area contributed by atoms with E-state index in [0.717, 1.165) is 37.1 Å². The topological polar surface area (TPSA) is 144 Å². The Morgan fingerprint density at radius 3 is 2.61 bits per heavy atom. The Labute approximate surface area is 221 Å². The Morgan fingerprint density at radius 2 is 1.89 bits per heavy atom. The number of carbonyl (C=O) groups is 2. The molecule has 3 aromatic rings. The minimum absolute atomic E-state index is 0.0713. The number of amides is 1. The molecule has 5 rings (SSSR count). The number of hydrogen-bond donors (Lipinski definition) is 3. The van der Waals surface area contributed by atoms with Crippen LogP contribution in [0.2, 0.25) is 0 Å². The summed E-state index contributed by atoms with van der Waals surface area (Å²) in [6.45, 7) is 1.19. The third kappa shape index (κ3) is 5.85. The summed E-state index contributed by atoms with van der Waals surface area (Å²) in [4.78, 5) is 39.2. The largest absolute Gasteiger partial charge is 0.481 e. The van der Waals surface area contributed by atoms with Crippen molar-refractivity contribution in [3.05, 3.63) is 65.5 Å². The standard InChI is InChI=1S/C28H32N6O4/c29-25-24-26(33-28(32-25)31-14-12-21-3-1-2-13-30-21)38-16-15-34(27(24)37)22-10-8-20(9-11-22)19-6-4-18(5-7-19)17-23(35)36/h1-3,8-11,13,18-19H,4-7,12,14-17H2,(H,35,36)(H3,29,31,32,33). The quantitative estimate of drug-likeness (QED) is 0.406. The Balaban J connectivity index is 1.25. The van der Waals surface area contributed by atoms with Crippen LogP contribution in [-0.4, -0.2) is 51.6 Å². The number of nitrogens with two attached hydrogens (primary N) is 1. The van der Waals surface area contributed by atoms with Crippen molar-refractivity contribution in [2.45, 2.75) is 44.4 Å². The first-order valence-electron chi connectivity index (χ1n) is 13.1. The number of nitrogen functional groups attached to an aromatic ring is 1. The summed E-state index contributed by atoms with van der Waals surface area (Å²) in [5.41, 5.74) is 9.30. The van der Waals surface area contributed by atoms with Crippen molar-refractivity contribution in [1.82, 2.24) is 15.0 Å². The van der Waals surface area contributed by atoms with Gasteiger partial charge in [0, 0.05) is 37.0 Å². The maximum absolute atomic E-state index is 13.5. The molecule has 2 aliphatic rings. The lowest BCUT2D eigenvalue weighted by Crippen LogP contribution is -2.32. The molecule has 0 atom stereocenters. The molecule has 1 amide bonds. The molecule has 0 radical (unpaired) electrons. The number of ether oxygens (including phenoxy) is 1. The maximum atomic E-state index is 13.5. The van der Waals surface area contributed by atoms with Gasteiger partial charge in [-0.3, -0.25) is 14.6 Å². The molecular weight excluding hydrogens is 484 g/mol. The third-order valence-corrected chi connectivity index (χ3v) is 7.29. The molecule has 1 fully saturated rings. The molecule has 10 heteroatoms. The molecule has 3 heterocycles. The van der Waals surface area contributed by atoms with E-state index in [1.807, 2.05) is 30.3 Å². The number of benzene rings is 1. The monoisotopic (exact) mass is 516 g/mol. The van der Waals surface area contributed by atoms with Crippen LogP contribution in [-0.2, 0) is 11.2 Å². The molecule has 0 unspecified atom stereocenters. The minimum atomic E-state index is -0.718. The van der Waals surface area contributed by atoms with E-state index in [1.165, 1.54) is 5.56 Å². The summed E-state index contributed by atoms with van der Waals surface area (Å²) in [6.07, 6.45) is 6.50. The molecule has 38 heavy (non-hydrogen) atoms. The van der Waals surface area contributed by atoms with Gasteiger partial charge >= 0.3 is 5.97 Å². The van der Waals surface area contributed by atoms with Crippen LogP contribution < -0.4 is 20.7 Å². The van der Waals surface area contributed by atoms with Crippen LogP contribution >= 0.6 is 0 Å². The van der Waals surface area contributed by atoms with Crippen molar-refractivity contribution in [2.75, 3.05) is 35.6 Å². The summed E-state index contributed by atoms with van der Waals surface area (Å²) in [5, 5.41) is 12.2. The second-order valence-corrected chi connectivity index (χ2v) is 9.82. The number of carboxylic acids is 1. The number of nitrogens with one attached hydrogen (secondary N) is 1. The highest BCUT2D eigenvalue weighted by molar-refractivity contribution is 6.10. The number of carbonyl (C=O) groups excluding carboxylic acids is 1. The van der Waals surface area contributed by atoms with Crippen molar-refractivity contribution in [3.63, 3.8) is 0 Å². The molecule has 0 spiro atoms. The average molecular weight is 517 g/mol. The highest BCUT2D eigenvalue weighted by Crippen LogP contribution is 2.38. The molecule has 198 valence electrons. The fourth-order valence-corrected chi connectivity index (χ4v) is 5.28. The van der Waals surface area contributed by atoms with E-state index in [-0.39, 0.29) is 42.1 Å². The number of nitrogens with zero attached hydrogens (tertiary/aromatic N) is 4. The Morgan fingerprint density at radius 1 is 1.11 bits per heavy atom. The number of hydrogen-bond acceptors (Lipinski definition) is 8. The SMILES string of the molecule is Nc1nc(NCCc2ccccn2)nc2c1C(=O)N(c1ccc(C3CCC(CC(=O)O)CC3)cc1)CCO2. The fourth-order valence-electron chi connectivity index (χ4n) is 5.28. The summed E-state index contributed by atoms with van der Waals surface area (Å²) in [5.74, 6) is 0.220. The molecule has 0 bridgehead atoms. The van der Waals surface area contributed by atoms with Gasteiger partial charge in [0.2, 0.25) is 11.8 Å². The first-order valence-corrected chi connectivity index (χ1v) is 13.1. The first-order chi connectivity index (χ1) is 18.5. The van der Waals surface area contributed by atoms with Crippen LogP contribution in [0, 0.1) is 5.92 Å². The van der Waals surface area contributed by atoms with Gasteiger partial charge in [0.25, 0.3) is 5.91 Å². The van der Waals surface area contributed by atoms with Gasteiger partial charge in [-0.2, -0.15) is 9.97 Å². The Kier molecular flexibility index (Phi) is 7.67. The van der Waals surface area contributed by atoms with E-state index in [4.69, 9.17) is 15.6 Å². The molecule has 1 saturated carbocycles. The lowest BCUT2D eigenvalue weighted by molar-refractivity contribution is -0.138. The molecule has 0 saturated heterocycles. The van der Waals surface area contributed by atoms with E-state index < -0.39 is 5.97 Å². The Hall–Kier alpha value is -4.21. The zero-order chi connectivity index (χ0) is 26.5.